The van der Waals surface area contributed by atoms with Crippen LogP contribution in [0, 0.1) is 5.92 Å². The average molecular weight is 297 g/mol. The Morgan fingerprint density at radius 1 is 1.14 bits per heavy atom. The van der Waals surface area contributed by atoms with Crippen molar-refractivity contribution in [3.8, 4) is 17.2 Å². The third-order valence-electron chi connectivity index (χ3n) is 3.19. The number of carbonyl (C=O) groups excluding carboxylic acids is 1. The van der Waals surface area contributed by atoms with Gasteiger partial charge in [0.25, 0.3) is 5.91 Å². The van der Waals surface area contributed by atoms with Gasteiger partial charge in [0, 0.05) is 6.54 Å². The summed E-state index contributed by atoms with van der Waals surface area (Å²) in [5.41, 5.74) is 0.325. The smallest absolute Gasteiger partial charge is 0.255 e. The van der Waals surface area contributed by atoms with E-state index < -0.39 is 6.10 Å². The number of hydrogen-bond donors (Lipinski definition) is 2. The Balaban J connectivity index is 2.99. The van der Waals surface area contributed by atoms with Crippen LogP contribution in [-0.4, -0.2) is 45.0 Å². The van der Waals surface area contributed by atoms with Gasteiger partial charge in [-0.1, -0.05) is 13.8 Å². The molecule has 1 aromatic carbocycles. The zero-order valence-corrected chi connectivity index (χ0v) is 13.1. The monoisotopic (exact) mass is 297 g/mol. The average Bonchev–Trinajstić information content (AvgIpc) is 2.49. The number of rotatable bonds is 7. The van der Waals surface area contributed by atoms with Crippen molar-refractivity contribution in [3.05, 3.63) is 17.7 Å². The molecule has 0 heterocycles. The Morgan fingerprint density at radius 3 is 2.24 bits per heavy atom. The minimum absolute atomic E-state index is 0.0672. The summed E-state index contributed by atoms with van der Waals surface area (Å²) in [6.45, 7) is 3.94. The van der Waals surface area contributed by atoms with E-state index in [0.29, 0.717) is 22.8 Å². The second kappa shape index (κ2) is 7.73. The molecule has 0 radical (unpaired) electrons. The number of ether oxygens (including phenoxy) is 3. The maximum atomic E-state index is 12.2. The molecule has 0 fully saturated rings. The van der Waals surface area contributed by atoms with Crippen LogP contribution in [0.3, 0.4) is 0 Å². The summed E-state index contributed by atoms with van der Waals surface area (Å²) in [5.74, 6) is 0.865. The van der Waals surface area contributed by atoms with Gasteiger partial charge in [0.1, 0.15) is 0 Å². The van der Waals surface area contributed by atoms with Crippen molar-refractivity contribution >= 4 is 5.91 Å². The molecule has 0 aliphatic rings. The van der Waals surface area contributed by atoms with E-state index in [1.807, 2.05) is 13.8 Å². The SMILES string of the molecule is COc1ccc(C(=O)NCC(O)C(C)C)c(OC)c1OC. The Labute approximate surface area is 125 Å². The first-order valence-corrected chi connectivity index (χ1v) is 6.71. The summed E-state index contributed by atoms with van der Waals surface area (Å²) in [7, 11) is 4.44. The molecule has 0 saturated heterocycles. The summed E-state index contributed by atoms with van der Waals surface area (Å²) < 4.78 is 15.7. The van der Waals surface area contributed by atoms with Crippen molar-refractivity contribution in [1.82, 2.24) is 5.32 Å². The summed E-state index contributed by atoms with van der Waals surface area (Å²) in [6.07, 6.45) is -0.597. The van der Waals surface area contributed by atoms with E-state index in [1.165, 1.54) is 21.3 Å². The number of benzene rings is 1. The standard InChI is InChI=1S/C15H23NO5/c1-9(2)11(17)8-16-15(18)10-6-7-12(19-3)14(21-5)13(10)20-4/h6-7,9,11,17H,8H2,1-5H3,(H,16,18). The second-order valence-electron chi connectivity index (χ2n) is 4.90. The number of carbonyl (C=O) groups is 1. The molecule has 0 aromatic heterocycles. The first-order chi connectivity index (χ1) is 9.96. The molecule has 6 heteroatoms. The van der Waals surface area contributed by atoms with Gasteiger partial charge in [-0.15, -0.1) is 0 Å². The Bertz CT molecular complexity index is 487. The highest BCUT2D eigenvalue weighted by Crippen LogP contribution is 2.39. The maximum Gasteiger partial charge on any atom is 0.255 e. The van der Waals surface area contributed by atoms with Gasteiger partial charge in [-0.3, -0.25) is 4.79 Å². The van der Waals surface area contributed by atoms with Crippen LogP contribution in [-0.2, 0) is 0 Å². The lowest BCUT2D eigenvalue weighted by atomic mass is 10.1. The van der Waals surface area contributed by atoms with Crippen molar-refractivity contribution in [1.29, 1.82) is 0 Å². The fourth-order valence-corrected chi connectivity index (χ4v) is 1.81. The fraction of sp³-hybridized carbons (Fsp3) is 0.533. The second-order valence-corrected chi connectivity index (χ2v) is 4.90. The van der Waals surface area contributed by atoms with Crippen molar-refractivity contribution in [3.63, 3.8) is 0 Å². The van der Waals surface area contributed by atoms with Gasteiger partial charge in [0.15, 0.2) is 11.5 Å². The molecule has 0 spiro atoms. The lowest BCUT2D eigenvalue weighted by Crippen LogP contribution is -2.34. The summed E-state index contributed by atoms with van der Waals surface area (Å²) in [5, 5.41) is 12.4. The molecule has 1 amide bonds. The maximum absolute atomic E-state index is 12.2. The van der Waals surface area contributed by atoms with Crippen LogP contribution in [0.5, 0.6) is 17.2 Å². The molecule has 0 saturated carbocycles. The highest BCUT2D eigenvalue weighted by molar-refractivity contribution is 5.98. The van der Waals surface area contributed by atoms with Crippen LogP contribution in [0.2, 0.25) is 0 Å². The van der Waals surface area contributed by atoms with Crippen molar-refractivity contribution in [2.24, 2.45) is 5.92 Å². The van der Waals surface area contributed by atoms with E-state index in [2.05, 4.69) is 5.32 Å². The molecular formula is C15H23NO5. The molecule has 0 aliphatic carbocycles. The largest absolute Gasteiger partial charge is 0.493 e. The molecule has 118 valence electrons. The minimum Gasteiger partial charge on any atom is -0.493 e. The molecule has 1 aromatic rings. The Hall–Kier alpha value is -1.95. The molecular weight excluding hydrogens is 274 g/mol. The summed E-state index contributed by atoms with van der Waals surface area (Å²) >= 11 is 0. The van der Waals surface area contributed by atoms with Gasteiger partial charge >= 0.3 is 0 Å². The first kappa shape index (κ1) is 17.1. The molecule has 21 heavy (non-hydrogen) atoms. The number of aliphatic hydroxyl groups excluding tert-OH is 1. The third kappa shape index (κ3) is 4.01. The molecule has 0 aliphatic heterocycles. The van der Waals surface area contributed by atoms with Gasteiger partial charge in [-0.05, 0) is 18.1 Å². The summed E-state index contributed by atoms with van der Waals surface area (Å²) in [4.78, 5) is 12.2. The van der Waals surface area contributed by atoms with Crippen LogP contribution in [0.4, 0.5) is 0 Å². The van der Waals surface area contributed by atoms with Crippen LogP contribution >= 0.6 is 0 Å². The van der Waals surface area contributed by atoms with Crippen LogP contribution in [0.1, 0.15) is 24.2 Å². The van der Waals surface area contributed by atoms with E-state index >= 15 is 0 Å². The quantitative estimate of drug-likeness (QED) is 0.797. The molecule has 1 unspecified atom stereocenters. The van der Waals surface area contributed by atoms with Crippen LogP contribution in [0.15, 0.2) is 12.1 Å². The molecule has 2 N–H and O–H groups in total. The van der Waals surface area contributed by atoms with E-state index in [0.717, 1.165) is 0 Å². The zero-order chi connectivity index (χ0) is 16.0. The molecule has 1 atom stereocenters. The van der Waals surface area contributed by atoms with E-state index in [4.69, 9.17) is 14.2 Å². The number of nitrogens with one attached hydrogen (secondary N) is 1. The normalized spacial score (nSPS) is 12.0. The van der Waals surface area contributed by atoms with Gasteiger partial charge in [-0.2, -0.15) is 0 Å². The van der Waals surface area contributed by atoms with E-state index in [1.54, 1.807) is 12.1 Å². The molecule has 0 bridgehead atoms. The lowest BCUT2D eigenvalue weighted by molar-refractivity contribution is 0.0868. The van der Waals surface area contributed by atoms with Gasteiger partial charge in [0.05, 0.1) is 33.0 Å². The van der Waals surface area contributed by atoms with Crippen LogP contribution < -0.4 is 19.5 Å². The fourth-order valence-electron chi connectivity index (χ4n) is 1.81. The van der Waals surface area contributed by atoms with E-state index in [-0.39, 0.29) is 18.4 Å². The lowest BCUT2D eigenvalue weighted by Gasteiger charge is -2.17. The van der Waals surface area contributed by atoms with Crippen LogP contribution in [0.25, 0.3) is 0 Å². The molecule has 6 nitrogen and oxygen atoms in total. The Morgan fingerprint density at radius 2 is 1.76 bits per heavy atom. The predicted octanol–water partition coefficient (Wildman–Crippen LogP) is 1.46. The zero-order valence-electron chi connectivity index (χ0n) is 13.1. The Kier molecular flexibility index (Phi) is 6.30. The van der Waals surface area contributed by atoms with Crippen molar-refractivity contribution in [2.45, 2.75) is 20.0 Å². The number of amides is 1. The van der Waals surface area contributed by atoms with E-state index in [9.17, 15) is 9.90 Å². The minimum atomic E-state index is -0.597. The van der Waals surface area contributed by atoms with Crippen molar-refractivity contribution < 1.29 is 24.1 Å². The number of methoxy groups -OCH3 is 3. The van der Waals surface area contributed by atoms with Gasteiger partial charge in [-0.25, -0.2) is 0 Å². The highest BCUT2D eigenvalue weighted by Gasteiger charge is 2.21. The molecule has 1 rings (SSSR count). The number of aliphatic hydroxyl groups is 1. The summed E-state index contributed by atoms with van der Waals surface area (Å²) in [6, 6.07) is 3.23. The first-order valence-electron chi connectivity index (χ1n) is 6.71. The number of hydrogen-bond acceptors (Lipinski definition) is 5. The third-order valence-corrected chi connectivity index (χ3v) is 3.19. The van der Waals surface area contributed by atoms with Crippen molar-refractivity contribution in [2.75, 3.05) is 27.9 Å². The predicted molar refractivity (Wildman–Crippen MR) is 79.3 cm³/mol. The van der Waals surface area contributed by atoms with Gasteiger partial charge in [0.2, 0.25) is 5.75 Å². The van der Waals surface area contributed by atoms with Gasteiger partial charge < -0.3 is 24.6 Å². The topological polar surface area (TPSA) is 77.0 Å². The highest BCUT2D eigenvalue weighted by atomic mass is 16.5.